The minimum absolute atomic E-state index is 0.0276. The smallest absolute Gasteiger partial charge is 0.303 e. The first kappa shape index (κ1) is 25.1. The van der Waals surface area contributed by atoms with Gasteiger partial charge in [0.05, 0.1) is 27.7 Å². The summed E-state index contributed by atoms with van der Waals surface area (Å²) in [5.74, 6) is -1.20. The van der Waals surface area contributed by atoms with Gasteiger partial charge in [0.15, 0.2) is 0 Å². The maximum atomic E-state index is 13.1. The van der Waals surface area contributed by atoms with Crippen LogP contribution in [-0.4, -0.2) is 45.9 Å². The topological polar surface area (TPSA) is 143 Å². The standard InChI is InChI=1S/C21H28ClN5O5S/c1-21(2,3)25-33(31,32)14-8-9-16(22)15(11-14)20(30)23-19(13-6-7-13)17-12-27(26-24-17)10-4-5-18(28)29/h8-9,11-13,19,25H,4-7,10H2,1-3H3,(H,23,30)(H,28,29). The van der Waals surface area contributed by atoms with E-state index in [1.807, 2.05) is 0 Å². The fourth-order valence-electron chi connectivity index (χ4n) is 3.35. The second-order valence-corrected chi connectivity index (χ2v) is 11.3. The second kappa shape index (κ2) is 9.78. The van der Waals surface area contributed by atoms with Crippen LogP contribution >= 0.6 is 11.6 Å². The zero-order valence-corrected chi connectivity index (χ0v) is 20.3. The summed E-state index contributed by atoms with van der Waals surface area (Å²) in [5.41, 5.74) is -0.0720. The Kier molecular flexibility index (Phi) is 7.45. The highest BCUT2D eigenvalue weighted by Crippen LogP contribution is 2.40. The molecule has 0 radical (unpaired) electrons. The molecule has 1 aliphatic rings. The molecule has 10 nitrogen and oxygen atoms in total. The van der Waals surface area contributed by atoms with Crippen molar-refractivity contribution >= 4 is 33.5 Å². The van der Waals surface area contributed by atoms with E-state index in [0.717, 1.165) is 12.8 Å². The third kappa shape index (κ3) is 6.99. The molecule has 2 aromatic rings. The Hall–Kier alpha value is -2.50. The predicted molar refractivity (Wildman–Crippen MR) is 121 cm³/mol. The van der Waals surface area contributed by atoms with Crippen molar-refractivity contribution in [2.24, 2.45) is 5.92 Å². The summed E-state index contributed by atoms with van der Waals surface area (Å²) in [6.07, 6.45) is 3.96. The third-order valence-electron chi connectivity index (χ3n) is 4.97. The number of rotatable bonds is 10. The molecule has 12 heteroatoms. The Labute approximate surface area is 197 Å². The minimum Gasteiger partial charge on any atom is -0.481 e. The first-order valence-corrected chi connectivity index (χ1v) is 12.5. The molecule has 1 atom stereocenters. The van der Waals surface area contributed by atoms with Crippen LogP contribution in [0.5, 0.6) is 0 Å². The van der Waals surface area contributed by atoms with Gasteiger partial charge in [-0.15, -0.1) is 5.10 Å². The molecule has 1 aromatic heterocycles. The monoisotopic (exact) mass is 497 g/mol. The minimum atomic E-state index is -3.84. The Bertz CT molecular complexity index is 1140. The van der Waals surface area contributed by atoms with Gasteiger partial charge >= 0.3 is 5.97 Å². The lowest BCUT2D eigenvalue weighted by molar-refractivity contribution is -0.137. The average molecular weight is 498 g/mol. The van der Waals surface area contributed by atoms with E-state index in [-0.39, 0.29) is 27.8 Å². The quantitative estimate of drug-likeness (QED) is 0.457. The lowest BCUT2D eigenvalue weighted by Gasteiger charge is -2.21. The van der Waals surface area contributed by atoms with Gasteiger partial charge < -0.3 is 10.4 Å². The number of carboxylic acids is 1. The predicted octanol–water partition coefficient (Wildman–Crippen LogP) is 2.75. The van der Waals surface area contributed by atoms with Crippen LogP contribution < -0.4 is 10.0 Å². The van der Waals surface area contributed by atoms with Crippen LogP contribution in [0.4, 0.5) is 0 Å². The number of carbonyl (C=O) groups is 2. The first-order valence-electron chi connectivity index (χ1n) is 10.6. The van der Waals surface area contributed by atoms with Crippen molar-refractivity contribution in [3.8, 4) is 0 Å². The van der Waals surface area contributed by atoms with Gasteiger partial charge in [0.25, 0.3) is 5.91 Å². The number of aromatic nitrogens is 3. The zero-order valence-electron chi connectivity index (χ0n) is 18.7. The fraction of sp³-hybridized carbons (Fsp3) is 0.524. The van der Waals surface area contributed by atoms with Crippen molar-refractivity contribution < 1.29 is 23.1 Å². The number of benzene rings is 1. The Morgan fingerprint density at radius 3 is 2.61 bits per heavy atom. The summed E-state index contributed by atoms with van der Waals surface area (Å²) in [6, 6.07) is 3.60. The van der Waals surface area contributed by atoms with E-state index in [1.54, 1.807) is 31.6 Å². The van der Waals surface area contributed by atoms with Crippen molar-refractivity contribution in [2.75, 3.05) is 0 Å². The Morgan fingerprint density at radius 2 is 2.00 bits per heavy atom. The van der Waals surface area contributed by atoms with Crippen LogP contribution in [-0.2, 0) is 21.4 Å². The number of sulfonamides is 1. The van der Waals surface area contributed by atoms with E-state index in [1.165, 1.54) is 18.2 Å². The lowest BCUT2D eigenvalue weighted by atomic mass is 10.1. The van der Waals surface area contributed by atoms with Crippen molar-refractivity contribution in [3.63, 3.8) is 0 Å². The normalized spacial score (nSPS) is 15.3. The number of aryl methyl sites for hydroxylation is 1. The second-order valence-electron chi connectivity index (χ2n) is 9.19. The maximum Gasteiger partial charge on any atom is 0.303 e. The molecule has 1 aromatic carbocycles. The molecule has 33 heavy (non-hydrogen) atoms. The molecule has 0 bridgehead atoms. The Balaban J connectivity index is 1.78. The molecule has 1 saturated carbocycles. The number of nitrogens with zero attached hydrogens (tertiary/aromatic N) is 3. The highest BCUT2D eigenvalue weighted by Gasteiger charge is 2.36. The molecule has 0 saturated heterocycles. The van der Waals surface area contributed by atoms with Crippen LogP contribution in [0.3, 0.4) is 0 Å². The van der Waals surface area contributed by atoms with Crippen LogP contribution in [0.1, 0.15) is 68.5 Å². The number of nitrogens with one attached hydrogen (secondary N) is 2. The van der Waals surface area contributed by atoms with Crippen molar-refractivity contribution in [1.29, 1.82) is 0 Å². The summed E-state index contributed by atoms with van der Waals surface area (Å²) in [6.45, 7) is 5.58. The molecule has 1 aliphatic carbocycles. The molecular weight excluding hydrogens is 470 g/mol. The van der Waals surface area contributed by atoms with E-state index >= 15 is 0 Å². The van der Waals surface area contributed by atoms with Gasteiger partial charge in [-0.05, 0) is 64.2 Å². The molecule has 1 fully saturated rings. The number of carboxylic acid groups (broad SMARTS) is 1. The van der Waals surface area contributed by atoms with Crippen molar-refractivity contribution in [3.05, 3.63) is 40.7 Å². The van der Waals surface area contributed by atoms with E-state index in [0.29, 0.717) is 18.7 Å². The molecule has 1 unspecified atom stereocenters. The van der Waals surface area contributed by atoms with Gasteiger partial charge in [-0.25, -0.2) is 13.1 Å². The summed E-state index contributed by atoms with van der Waals surface area (Å²) in [7, 11) is -3.84. The fourth-order valence-corrected chi connectivity index (χ4v) is 4.99. The van der Waals surface area contributed by atoms with Crippen molar-refractivity contribution in [1.82, 2.24) is 25.0 Å². The van der Waals surface area contributed by atoms with Crippen LogP contribution in [0, 0.1) is 5.92 Å². The summed E-state index contributed by atoms with van der Waals surface area (Å²) in [4.78, 5) is 23.7. The van der Waals surface area contributed by atoms with Gasteiger partial charge in [-0.3, -0.25) is 14.3 Å². The van der Waals surface area contributed by atoms with Crippen LogP contribution in [0.15, 0.2) is 29.3 Å². The molecule has 3 rings (SSSR count). The SMILES string of the molecule is CC(C)(C)NS(=O)(=O)c1ccc(Cl)c(C(=O)NC(c2cn(CCCC(=O)O)nn2)C2CC2)c1. The molecular formula is C21H28ClN5O5S. The van der Waals surface area contributed by atoms with Crippen LogP contribution in [0.25, 0.3) is 0 Å². The number of hydrogen-bond donors (Lipinski definition) is 3. The number of carbonyl (C=O) groups excluding carboxylic acids is 1. The summed E-state index contributed by atoms with van der Waals surface area (Å²) in [5, 5.41) is 20.0. The molecule has 0 spiro atoms. The van der Waals surface area contributed by atoms with Gasteiger partial charge in [0, 0.05) is 18.5 Å². The van der Waals surface area contributed by atoms with E-state index in [9.17, 15) is 18.0 Å². The summed E-state index contributed by atoms with van der Waals surface area (Å²) < 4.78 is 29.5. The van der Waals surface area contributed by atoms with Crippen LogP contribution in [0.2, 0.25) is 5.02 Å². The molecule has 3 N–H and O–H groups in total. The molecule has 1 heterocycles. The number of halogens is 1. The van der Waals surface area contributed by atoms with Gasteiger partial charge in [0.1, 0.15) is 5.69 Å². The molecule has 0 aliphatic heterocycles. The molecule has 1 amide bonds. The maximum absolute atomic E-state index is 13.1. The zero-order chi connectivity index (χ0) is 24.4. The number of aliphatic carboxylic acids is 1. The number of hydrogen-bond acceptors (Lipinski definition) is 6. The van der Waals surface area contributed by atoms with E-state index in [4.69, 9.17) is 16.7 Å². The summed E-state index contributed by atoms with van der Waals surface area (Å²) >= 11 is 6.23. The highest BCUT2D eigenvalue weighted by molar-refractivity contribution is 7.89. The highest BCUT2D eigenvalue weighted by atomic mass is 35.5. The van der Waals surface area contributed by atoms with Crippen molar-refractivity contribution in [2.45, 2.75) is 69.5 Å². The third-order valence-corrected chi connectivity index (χ3v) is 7.05. The van der Waals surface area contributed by atoms with Gasteiger partial charge in [0.2, 0.25) is 10.0 Å². The largest absolute Gasteiger partial charge is 0.481 e. The first-order chi connectivity index (χ1) is 15.4. The van der Waals surface area contributed by atoms with E-state index < -0.39 is 33.5 Å². The average Bonchev–Trinajstić information content (AvgIpc) is 3.42. The molecule has 180 valence electrons. The lowest BCUT2D eigenvalue weighted by Crippen LogP contribution is -2.40. The van der Waals surface area contributed by atoms with Gasteiger partial charge in [-0.1, -0.05) is 16.8 Å². The Morgan fingerprint density at radius 1 is 1.30 bits per heavy atom. The van der Waals surface area contributed by atoms with E-state index in [2.05, 4.69) is 20.4 Å². The number of amides is 1. The van der Waals surface area contributed by atoms with Gasteiger partial charge in [-0.2, -0.15) is 0 Å².